The number of carbonyl (C=O) groups excluding carboxylic acids is 1. The van der Waals surface area contributed by atoms with Gasteiger partial charge in [0.1, 0.15) is 22.6 Å². The summed E-state index contributed by atoms with van der Waals surface area (Å²) in [7, 11) is 1.56. The average molecular weight is 502 g/mol. The molecule has 6 nitrogen and oxygen atoms in total. The molecule has 0 saturated carbocycles. The van der Waals surface area contributed by atoms with Gasteiger partial charge in [-0.15, -0.1) is 11.3 Å². The lowest BCUT2D eigenvalue weighted by Gasteiger charge is -2.33. The lowest BCUT2D eigenvalue weighted by molar-refractivity contribution is -0.118. The number of fused-ring (bicyclic) bond motifs is 1. The van der Waals surface area contributed by atoms with Crippen LogP contribution in [0.4, 0.5) is 10.7 Å². The van der Waals surface area contributed by atoms with Crippen molar-refractivity contribution in [2.45, 2.75) is 40.0 Å². The van der Waals surface area contributed by atoms with Gasteiger partial charge in [-0.1, -0.05) is 32.9 Å². The molecular weight excluding hydrogens is 470 g/mol. The van der Waals surface area contributed by atoms with Gasteiger partial charge in [0.05, 0.1) is 18.4 Å². The van der Waals surface area contributed by atoms with Crippen molar-refractivity contribution in [1.82, 2.24) is 0 Å². The quantitative estimate of drug-likeness (QED) is 0.372. The van der Waals surface area contributed by atoms with Crippen molar-refractivity contribution in [3.8, 4) is 17.6 Å². The molecule has 0 bridgehead atoms. The zero-order valence-electron chi connectivity index (χ0n) is 21.1. The molecule has 1 aliphatic carbocycles. The predicted octanol–water partition coefficient (Wildman–Crippen LogP) is 6.55. The first-order chi connectivity index (χ1) is 17.3. The minimum atomic E-state index is -0.274. The molecule has 0 fully saturated rings. The number of rotatable bonds is 7. The number of hydrogen-bond acceptors (Lipinski definition) is 6. The molecule has 0 unspecified atom stereocenters. The van der Waals surface area contributed by atoms with Crippen LogP contribution in [0.2, 0.25) is 0 Å². The van der Waals surface area contributed by atoms with E-state index in [0.717, 1.165) is 35.4 Å². The summed E-state index contributed by atoms with van der Waals surface area (Å²) >= 11 is 1.64. The van der Waals surface area contributed by atoms with Gasteiger partial charge in [0.15, 0.2) is 6.61 Å². The maximum Gasteiger partial charge on any atom is 0.262 e. The summed E-state index contributed by atoms with van der Waals surface area (Å²) in [6, 6.07) is 17.0. The average Bonchev–Trinajstić information content (AvgIpc) is 3.23. The number of carbonyl (C=O) groups is 1. The van der Waals surface area contributed by atoms with Gasteiger partial charge in [0.2, 0.25) is 0 Å². The third-order valence-electron chi connectivity index (χ3n) is 6.55. The van der Waals surface area contributed by atoms with Gasteiger partial charge < -0.3 is 14.8 Å². The summed E-state index contributed by atoms with van der Waals surface area (Å²) in [5, 5.41) is 13.3. The van der Waals surface area contributed by atoms with Crippen LogP contribution in [0.1, 0.15) is 48.8 Å². The molecule has 0 saturated heterocycles. The highest BCUT2D eigenvalue weighted by Crippen LogP contribution is 2.44. The number of hydrogen-bond donors (Lipinski definition) is 1. The Hall–Kier alpha value is -3.63. The Bertz CT molecular complexity index is 1300. The second kappa shape index (κ2) is 11.0. The second-order valence-electron chi connectivity index (χ2n) is 9.97. The molecule has 7 heteroatoms. The zero-order chi connectivity index (χ0) is 25.7. The van der Waals surface area contributed by atoms with E-state index >= 15 is 0 Å². The minimum absolute atomic E-state index is 0.118. The van der Waals surface area contributed by atoms with Gasteiger partial charge in [-0.05, 0) is 78.1 Å². The van der Waals surface area contributed by atoms with Crippen molar-refractivity contribution in [3.63, 3.8) is 0 Å². The van der Waals surface area contributed by atoms with E-state index < -0.39 is 0 Å². The molecule has 0 spiro atoms. The standard InChI is InChI=1S/C29H31N3O3S/c1-29(2,3)20-11-14-22-23(16-30)28(36-26(22)15-20)31-17-19-9-12-21(13-10-19)35-18-27(33)32-24-7-5-6-8-25(24)34-4/h5-10,12-13,17,20H,11,14-15,18H2,1-4H3,(H,32,33)/t20-/m0/s1. The fraction of sp³-hybridized carbons (Fsp3) is 0.345. The first-order valence-electron chi connectivity index (χ1n) is 12.0. The Balaban J connectivity index is 1.37. The van der Waals surface area contributed by atoms with Gasteiger partial charge in [-0.25, -0.2) is 4.99 Å². The number of anilines is 1. The van der Waals surface area contributed by atoms with Crippen molar-refractivity contribution in [1.29, 1.82) is 5.26 Å². The number of aliphatic imine (C=N–C) groups is 1. The van der Waals surface area contributed by atoms with Crippen LogP contribution in [0.5, 0.6) is 11.5 Å². The number of nitriles is 1. The molecule has 2 aromatic carbocycles. The molecular formula is C29H31N3O3S. The first kappa shape index (κ1) is 25.5. The smallest absolute Gasteiger partial charge is 0.262 e. The Morgan fingerprint density at radius 1 is 1.22 bits per heavy atom. The van der Waals surface area contributed by atoms with Gasteiger partial charge in [-0.3, -0.25) is 4.79 Å². The highest BCUT2D eigenvalue weighted by molar-refractivity contribution is 7.16. The Labute approximate surface area is 216 Å². The summed E-state index contributed by atoms with van der Waals surface area (Å²) in [6.45, 7) is 6.76. The summed E-state index contributed by atoms with van der Waals surface area (Å²) in [4.78, 5) is 18.2. The van der Waals surface area contributed by atoms with Crippen molar-refractivity contribution in [3.05, 3.63) is 70.1 Å². The molecule has 1 amide bonds. The second-order valence-corrected chi connectivity index (χ2v) is 11.0. The Morgan fingerprint density at radius 3 is 2.67 bits per heavy atom. The van der Waals surface area contributed by atoms with Crippen molar-refractivity contribution in [2.75, 3.05) is 19.0 Å². The van der Waals surface area contributed by atoms with E-state index in [1.54, 1.807) is 48.9 Å². The fourth-order valence-electron chi connectivity index (χ4n) is 4.38. The van der Waals surface area contributed by atoms with E-state index in [2.05, 4.69) is 37.1 Å². The molecule has 36 heavy (non-hydrogen) atoms. The maximum atomic E-state index is 12.3. The number of benzene rings is 2. The number of ether oxygens (including phenoxy) is 2. The molecule has 1 aliphatic rings. The molecule has 1 N–H and O–H groups in total. The van der Waals surface area contributed by atoms with Gasteiger partial charge in [-0.2, -0.15) is 5.26 Å². The van der Waals surface area contributed by atoms with Crippen molar-refractivity contribution < 1.29 is 14.3 Å². The number of methoxy groups -OCH3 is 1. The van der Waals surface area contributed by atoms with E-state index in [1.807, 2.05) is 24.3 Å². The van der Waals surface area contributed by atoms with Gasteiger partial charge >= 0.3 is 0 Å². The highest BCUT2D eigenvalue weighted by Gasteiger charge is 2.32. The minimum Gasteiger partial charge on any atom is -0.495 e. The van der Waals surface area contributed by atoms with Crippen LogP contribution in [-0.2, 0) is 17.6 Å². The number of nitrogens with one attached hydrogen (secondary N) is 1. The van der Waals surface area contributed by atoms with E-state index in [-0.39, 0.29) is 17.9 Å². The summed E-state index contributed by atoms with van der Waals surface area (Å²) in [5.41, 5.74) is 3.66. The fourth-order valence-corrected chi connectivity index (χ4v) is 5.60. The summed E-state index contributed by atoms with van der Waals surface area (Å²) in [6.07, 6.45) is 4.86. The first-order valence-corrected chi connectivity index (χ1v) is 12.8. The van der Waals surface area contributed by atoms with E-state index in [1.165, 1.54) is 10.4 Å². The van der Waals surface area contributed by atoms with Crippen LogP contribution in [-0.4, -0.2) is 25.8 Å². The van der Waals surface area contributed by atoms with Crippen molar-refractivity contribution >= 4 is 34.1 Å². The summed E-state index contributed by atoms with van der Waals surface area (Å²) < 4.78 is 10.9. The molecule has 4 rings (SSSR count). The van der Waals surface area contributed by atoms with Crippen molar-refractivity contribution in [2.24, 2.45) is 16.3 Å². The molecule has 1 heterocycles. The van der Waals surface area contributed by atoms with E-state index in [9.17, 15) is 10.1 Å². The van der Waals surface area contributed by atoms with Crippen LogP contribution in [0.15, 0.2) is 53.5 Å². The number of para-hydroxylation sites is 2. The lowest BCUT2D eigenvalue weighted by atomic mass is 9.72. The zero-order valence-corrected chi connectivity index (χ0v) is 21.9. The predicted molar refractivity (Wildman–Crippen MR) is 145 cm³/mol. The lowest BCUT2D eigenvalue weighted by Crippen LogP contribution is -2.26. The molecule has 1 aromatic heterocycles. The summed E-state index contributed by atoms with van der Waals surface area (Å²) in [5.74, 6) is 1.52. The van der Waals surface area contributed by atoms with Gasteiger partial charge in [0, 0.05) is 11.1 Å². The number of nitrogens with zero attached hydrogens (tertiary/aromatic N) is 2. The van der Waals surface area contributed by atoms with E-state index in [0.29, 0.717) is 23.1 Å². The van der Waals surface area contributed by atoms with Crippen LogP contribution in [0.3, 0.4) is 0 Å². The molecule has 1 atom stereocenters. The maximum absolute atomic E-state index is 12.3. The molecule has 0 radical (unpaired) electrons. The van der Waals surface area contributed by atoms with Crippen LogP contribution >= 0.6 is 11.3 Å². The SMILES string of the molecule is COc1ccccc1NC(=O)COc1ccc(C=Nc2sc3c(c2C#N)CC[C@H](C(C)(C)C)C3)cc1. The molecule has 0 aliphatic heterocycles. The normalized spacial score (nSPS) is 15.2. The highest BCUT2D eigenvalue weighted by atomic mass is 32.1. The molecule has 186 valence electrons. The van der Waals surface area contributed by atoms with Gasteiger partial charge in [0.25, 0.3) is 5.91 Å². The number of amides is 1. The molecule has 3 aromatic rings. The topological polar surface area (TPSA) is 83.7 Å². The largest absolute Gasteiger partial charge is 0.495 e. The third-order valence-corrected chi connectivity index (χ3v) is 7.71. The third kappa shape index (κ3) is 5.95. The Kier molecular flexibility index (Phi) is 7.76. The van der Waals surface area contributed by atoms with Crippen LogP contribution in [0, 0.1) is 22.7 Å². The van der Waals surface area contributed by atoms with Crippen LogP contribution < -0.4 is 14.8 Å². The monoisotopic (exact) mass is 501 g/mol. The number of thiophene rings is 1. The van der Waals surface area contributed by atoms with E-state index in [4.69, 9.17) is 9.47 Å². The van der Waals surface area contributed by atoms with Crippen LogP contribution in [0.25, 0.3) is 0 Å². The Morgan fingerprint density at radius 2 is 1.97 bits per heavy atom.